The number of nitrogens with two attached hydrogens (primary N) is 1. The number of rotatable bonds is 7. The molecule has 0 radical (unpaired) electrons. The number of hydrogen-bond acceptors (Lipinski definition) is 3. The number of carbonyl (C=O) groups is 3. The lowest BCUT2D eigenvalue weighted by molar-refractivity contribution is -0.140. The van der Waals surface area contributed by atoms with Crippen LogP contribution in [0.25, 0.3) is 0 Å². The van der Waals surface area contributed by atoms with Crippen LogP contribution in [0.2, 0.25) is 0 Å². The standard InChI is InChI=1S/C12H17N3O4/c1-2-5-15-6-3-4-9(15)11(17)14-8(12(18)19)7-10(13)16/h3-4,6,8H,2,5,7H2,1H3,(H2,13,16)(H,14,17)(H,18,19)/t8-/m1/s1. The third-order valence-electron chi connectivity index (χ3n) is 2.54. The quantitative estimate of drug-likeness (QED) is 0.642. The summed E-state index contributed by atoms with van der Waals surface area (Å²) in [5, 5.41) is 11.2. The highest BCUT2D eigenvalue weighted by atomic mass is 16.4. The van der Waals surface area contributed by atoms with Crippen LogP contribution in [0.15, 0.2) is 18.3 Å². The second-order valence-electron chi connectivity index (χ2n) is 4.12. The van der Waals surface area contributed by atoms with Gasteiger partial charge in [-0.1, -0.05) is 6.92 Å². The molecule has 0 bridgehead atoms. The van der Waals surface area contributed by atoms with Gasteiger partial charge in [0.2, 0.25) is 5.91 Å². The molecule has 2 amide bonds. The third-order valence-corrected chi connectivity index (χ3v) is 2.54. The molecular formula is C12H17N3O4. The molecule has 0 saturated carbocycles. The number of aryl methyl sites for hydroxylation is 1. The van der Waals surface area contributed by atoms with Crippen LogP contribution in [0.3, 0.4) is 0 Å². The Bertz CT molecular complexity index is 481. The van der Waals surface area contributed by atoms with Crippen molar-refractivity contribution in [2.24, 2.45) is 5.73 Å². The van der Waals surface area contributed by atoms with Crippen molar-refractivity contribution in [2.75, 3.05) is 0 Å². The lowest BCUT2D eigenvalue weighted by Crippen LogP contribution is -2.43. The van der Waals surface area contributed by atoms with Crippen LogP contribution in [0, 0.1) is 0 Å². The van der Waals surface area contributed by atoms with Gasteiger partial charge in [0.1, 0.15) is 11.7 Å². The summed E-state index contributed by atoms with van der Waals surface area (Å²) in [6.07, 6.45) is 2.15. The molecule has 0 fully saturated rings. The van der Waals surface area contributed by atoms with Crippen molar-refractivity contribution in [3.8, 4) is 0 Å². The zero-order valence-electron chi connectivity index (χ0n) is 10.6. The van der Waals surface area contributed by atoms with Crippen molar-refractivity contribution in [3.05, 3.63) is 24.0 Å². The number of aliphatic carboxylic acids is 1. The van der Waals surface area contributed by atoms with Gasteiger partial charge >= 0.3 is 5.97 Å². The van der Waals surface area contributed by atoms with Crippen LogP contribution in [-0.4, -0.2) is 33.5 Å². The predicted molar refractivity (Wildman–Crippen MR) is 67.4 cm³/mol. The van der Waals surface area contributed by atoms with Gasteiger partial charge in [0.05, 0.1) is 6.42 Å². The smallest absolute Gasteiger partial charge is 0.326 e. The molecule has 0 unspecified atom stereocenters. The molecule has 1 aromatic heterocycles. The van der Waals surface area contributed by atoms with E-state index in [1.54, 1.807) is 22.9 Å². The molecule has 4 N–H and O–H groups in total. The van der Waals surface area contributed by atoms with Crippen LogP contribution < -0.4 is 11.1 Å². The Morgan fingerprint density at radius 2 is 2.16 bits per heavy atom. The van der Waals surface area contributed by atoms with Gasteiger partial charge in [-0.2, -0.15) is 0 Å². The number of primary amides is 1. The molecule has 0 aliphatic carbocycles. The van der Waals surface area contributed by atoms with E-state index in [0.717, 1.165) is 6.42 Å². The maximum absolute atomic E-state index is 12.0. The molecule has 0 aliphatic rings. The number of nitrogens with zero attached hydrogens (tertiary/aromatic N) is 1. The Hall–Kier alpha value is -2.31. The molecule has 1 aromatic rings. The van der Waals surface area contributed by atoms with E-state index in [1.165, 1.54) is 0 Å². The van der Waals surface area contributed by atoms with Crippen LogP contribution in [-0.2, 0) is 16.1 Å². The number of hydrogen-bond donors (Lipinski definition) is 3. The van der Waals surface area contributed by atoms with Crippen molar-refractivity contribution in [2.45, 2.75) is 32.4 Å². The predicted octanol–water partition coefficient (Wildman–Crippen LogP) is -0.0435. The first-order valence-corrected chi connectivity index (χ1v) is 5.92. The molecule has 1 heterocycles. The second-order valence-corrected chi connectivity index (χ2v) is 4.12. The fourth-order valence-corrected chi connectivity index (χ4v) is 1.69. The number of carbonyl (C=O) groups excluding carboxylic acids is 2. The molecule has 7 heteroatoms. The first kappa shape index (κ1) is 14.7. The van der Waals surface area contributed by atoms with E-state index in [1.807, 2.05) is 6.92 Å². The van der Waals surface area contributed by atoms with Crippen LogP contribution in [0.4, 0.5) is 0 Å². The highest BCUT2D eigenvalue weighted by Gasteiger charge is 2.23. The molecule has 0 aromatic carbocycles. The van der Waals surface area contributed by atoms with Gasteiger partial charge < -0.3 is 20.7 Å². The van der Waals surface area contributed by atoms with E-state index in [-0.39, 0.29) is 0 Å². The summed E-state index contributed by atoms with van der Waals surface area (Å²) in [6.45, 7) is 2.62. The molecule has 0 spiro atoms. The van der Waals surface area contributed by atoms with E-state index < -0.39 is 30.2 Å². The van der Waals surface area contributed by atoms with Gasteiger partial charge in [-0.05, 0) is 18.6 Å². The number of carboxylic acid groups (broad SMARTS) is 1. The third kappa shape index (κ3) is 4.13. The largest absolute Gasteiger partial charge is 0.480 e. The van der Waals surface area contributed by atoms with Gasteiger partial charge in [0.25, 0.3) is 5.91 Å². The van der Waals surface area contributed by atoms with E-state index in [9.17, 15) is 14.4 Å². The van der Waals surface area contributed by atoms with Crippen LogP contribution in [0.1, 0.15) is 30.3 Å². The summed E-state index contributed by atoms with van der Waals surface area (Å²) >= 11 is 0. The van der Waals surface area contributed by atoms with Crippen molar-refractivity contribution in [1.29, 1.82) is 0 Å². The monoisotopic (exact) mass is 267 g/mol. The topological polar surface area (TPSA) is 114 Å². The number of aromatic nitrogens is 1. The molecular weight excluding hydrogens is 250 g/mol. The fraction of sp³-hybridized carbons (Fsp3) is 0.417. The Morgan fingerprint density at radius 1 is 1.47 bits per heavy atom. The SMILES string of the molecule is CCCn1cccc1C(=O)N[C@H](CC(N)=O)C(=O)O. The Labute approximate surface area is 110 Å². The zero-order valence-corrected chi connectivity index (χ0v) is 10.6. The minimum Gasteiger partial charge on any atom is -0.480 e. The normalized spacial score (nSPS) is 11.8. The van der Waals surface area contributed by atoms with Gasteiger partial charge in [0.15, 0.2) is 0 Å². The first-order valence-electron chi connectivity index (χ1n) is 5.92. The van der Waals surface area contributed by atoms with Crippen molar-refractivity contribution >= 4 is 17.8 Å². The summed E-state index contributed by atoms with van der Waals surface area (Å²) in [4.78, 5) is 33.6. The van der Waals surface area contributed by atoms with Crippen molar-refractivity contribution < 1.29 is 19.5 Å². The number of nitrogens with one attached hydrogen (secondary N) is 1. The molecule has 104 valence electrons. The van der Waals surface area contributed by atoms with Crippen LogP contribution in [0.5, 0.6) is 0 Å². The first-order chi connectivity index (χ1) is 8.95. The highest BCUT2D eigenvalue weighted by Crippen LogP contribution is 2.05. The van der Waals surface area contributed by atoms with Gasteiger partial charge in [0, 0.05) is 12.7 Å². The summed E-state index contributed by atoms with van der Waals surface area (Å²) in [6, 6.07) is 1.98. The minimum atomic E-state index is -1.31. The van der Waals surface area contributed by atoms with Crippen molar-refractivity contribution in [3.63, 3.8) is 0 Å². The Kier molecular flexibility index (Phi) is 5.11. The highest BCUT2D eigenvalue weighted by molar-refractivity contribution is 5.96. The van der Waals surface area contributed by atoms with E-state index in [4.69, 9.17) is 10.8 Å². The van der Waals surface area contributed by atoms with E-state index >= 15 is 0 Å². The number of carboxylic acids is 1. The van der Waals surface area contributed by atoms with Gasteiger partial charge in [-0.3, -0.25) is 9.59 Å². The molecule has 1 atom stereocenters. The maximum atomic E-state index is 12.0. The average Bonchev–Trinajstić information content (AvgIpc) is 2.76. The summed E-state index contributed by atoms with van der Waals surface area (Å²) in [5.41, 5.74) is 5.30. The van der Waals surface area contributed by atoms with Gasteiger partial charge in [-0.15, -0.1) is 0 Å². The van der Waals surface area contributed by atoms with E-state index in [0.29, 0.717) is 12.2 Å². The fourth-order valence-electron chi connectivity index (χ4n) is 1.69. The molecule has 0 aliphatic heterocycles. The zero-order chi connectivity index (χ0) is 14.4. The minimum absolute atomic E-state index is 0.359. The Morgan fingerprint density at radius 3 is 2.68 bits per heavy atom. The van der Waals surface area contributed by atoms with Crippen LogP contribution >= 0.6 is 0 Å². The number of amides is 2. The molecule has 0 saturated heterocycles. The molecule has 19 heavy (non-hydrogen) atoms. The van der Waals surface area contributed by atoms with Gasteiger partial charge in [-0.25, -0.2) is 4.79 Å². The second kappa shape index (κ2) is 6.58. The summed E-state index contributed by atoms with van der Waals surface area (Å²) in [7, 11) is 0. The van der Waals surface area contributed by atoms with Crippen molar-refractivity contribution in [1.82, 2.24) is 9.88 Å². The molecule has 7 nitrogen and oxygen atoms in total. The summed E-state index contributed by atoms with van der Waals surface area (Å²) in [5.74, 6) is -2.61. The maximum Gasteiger partial charge on any atom is 0.326 e. The Balaban J connectivity index is 2.78. The average molecular weight is 267 g/mol. The van der Waals surface area contributed by atoms with E-state index in [2.05, 4.69) is 5.32 Å². The lowest BCUT2D eigenvalue weighted by Gasteiger charge is -2.14. The molecule has 1 rings (SSSR count). The summed E-state index contributed by atoms with van der Waals surface area (Å²) < 4.78 is 1.72. The lowest BCUT2D eigenvalue weighted by atomic mass is 10.2.